The number of carbonyl (C=O) groups excluding carboxylic acids is 1. The Morgan fingerprint density at radius 1 is 1.41 bits per heavy atom. The lowest BCUT2D eigenvalue weighted by Gasteiger charge is -2.23. The zero-order chi connectivity index (χ0) is 16.3. The van der Waals surface area contributed by atoms with Crippen LogP contribution in [0.4, 0.5) is 0 Å². The van der Waals surface area contributed by atoms with Crippen molar-refractivity contribution in [3.05, 3.63) is 33.7 Å². The maximum absolute atomic E-state index is 12.5. The van der Waals surface area contributed by atoms with Gasteiger partial charge in [-0.1, -0.05) is 20.3 Å². The van der Waals surface area contributed by atoms with Crippen molar-refractivity contribution in [1.82, 2.24) is 9.88 Å². The lowest BCUT2D eigenvalue weighted by molar-refractivity contribution is 0.0693. The van der Waals surface area contributed by atoms with Crippen molar-refractivity contribution >= 4 is 5.91 Å². The summed E-state index contributed by atoms with van der Waals surface area (Å²) in [5.41, 5.74) is 0.977. The Hall–Kier alpha value is -1.62. The van der Waals surface area contributed by atoms with E-state index in [0.29, 0.717) is 18.0 Å². The number of aromatic amines is 1. The number of nitrogens with one attached hydrogen (secondary N) is 1. The van der Waals surface area contributed by atoms with Gasteiger partial charge in [-0.3, -0.25) is 9.59 Å². The Kier molecular flexibility index (Phi) is 5.40. The first-order valence-corrected chi connectivity index (χ1v) is 8.03. The van der Waals surface area contributed by atoms with Crippen LogP contribution in [-0.4, -0.2) is 40.6 Å². The number of nitrogens with zero attached hydrogens (tertiary/aromatic N) is 1. The van der Waals surface area contributed by atoms with Gasteiger partial charge in [0, 0.05) is 36.8 Å². The summed E-state index contributed by atoms with van der Waals surface area (Å²) in [5.74, 6) is 0.397. The molecule has 5 heteroatoms. The number of hydrogen-bond donors (Lipinski definition) is 2. The smallest absolute Gasteiger partial charge is 0.253 e. The van der Waals surface area contributed by atoms with Gasteiger partial charge in [0.05, 0.1) is 6.10 Å². The molecule has 2 rings (SSSR count). The quantitative estimate of drug-likeness (QED) is 0.871. The number of aliphatic hydroxyl groups excluding tert-OH is 1. The van der Waals surface area contributed by atoms with E-state index in [1.807, 2.05) is 0 Å². The Morgan fingerprint density at radius 3 is 2.73 bits per heavy atom. The van der Waals surface area contributed by atoms with Gasteiger partial charge >= 0.3 is 0 Å². The number of carbonyl (C=O) groups is 1. The summed E-state index contributed by atoms with van der Waals surface area (Å²) in [6.45, 7) is 4.67. The third-order valence-electron chi connectivity index (χ3n) is 4.25. The SMILES string of the molecule is CC(C)Cc1cc(C(=O)N(C)CC2CCCC2O)cc(=O)[nH]1. The number of aliphatic hydroxyl groups is 1. The molecule has 1 aromatic heterocycles. The maximum Gasteiger partial charge on any atom is 0.253 e. The van der Waals surface area contributed by atoms with Crippen molar-refractivity contribution in [2.45, 2.75) is 45.6 Å². The normalized spacial score (nSPS) is 21.3. The Bertz CT molecular complexity index is 580. The second-order valence-electron chi connectivity index (χ2n) is 6.80. The number of amides is 1. The molecule has 122 valence electrons. The van der Waals surface area contributed by atoms with E-state index in [0.717, 1.165) is 31.4 Å². The molecule has 1 aliphatic rings. The van der Waals surface area contributed by atoms with Gasteiger partial charge in [0.25, 0.3) is 5.91 Å². The van der Waals surface area contributed by atoms with Gasteiger partial charge in [0.15, 0.2) is 0 Å². The van der Waals surface area contributed by atoms with E-state index in [1.54, 1.807) is 18.0 Å². The molecule has 0 aromatic carbocycles. The van der Waals surface area contributed by atoms with Crippen LogP contribution >= 0.6 is 0 Å². The first-order valence-electron chi connectivity index (χ1n) is 8.03. The summed E-state index contributed by atoms with van der Waals surface area (Å²) >= 11 is 0. The van der Waals surface area contributed by atoms with Crippen LogP contribution in [0.1, 0.15) is 49.2 Å². The fourth-order valence-electron chi connectivity index (χ4n) is 3.16. The second kappa shape index (κ2) is 7.09. The Labute approximate surface area is 131 Å². The molecule has 2 N–H and O–H groups in total. The summed E-state index contributed by atoms with van der Waals surface area (Å²) in [4.78, 5) is 28.7. The molecule has 0 aliphatic heterocycles. The fourth-order valence-corrected chi connectivity index (χ4v) is 3.16. The van der Waals surface area contributed by atoms with Crippen LogP contribution in [-0.2, 0) is 6.42 Å². The Balaban J connectivity index is 2.10. The highest BCUT2D eigenvalue weighted by Crippen LogP contribution is 2.26. The number of pyridine rings is 1. The average molecular weight is 306 g/mol. The van der Waals surface area contributed by atoms with Crippen LogP contribution in [0, 0.1) is 11.8 Å². The van der Waals surface area contributed by atoms with Crippen molar-refractivity contribution in [3.63, 3.8) is 0 Å². The third kappa shape index (κ3) is 4.19. The number of H-pyrrole nitrogens is 1. The van der Waals surface area contributed by atoms with E-state index >= 15 is 0 Å². The van der Waals surface area contributed by atoms with Crippen molar-refractivity contribution in [2.24, 2.45) is 11.8 Å². The predicted molar refractivity (Wildman–Crippen MR) is 85.9 cm³/mol. The van der Waals surface area contributed by atoms with E-state index in [-0.39, 0.29) is 23.5 Å². The van der Waals surface area contributed by atoms with Crippen LogP contribution in [0.5, 0.6) is 0 Å². The first-order chi connectivity index (χ1) is 10.4. The molecule has 0 saturated heterocycles. The molecule has 2 unspecified atom stereocenters. The van der Waals surface area contributed by atoms with E-state index in [9.17, 15) is 14.7 Å². The summed E-state index contributed by atoms with van der Waals surface area (Å²) in [6.07, 6.45) is 3.20. The molecule has 5 nitrogen and oxygen atoms in total. The highest BCUT2D eigenvalue weighted by Gasteiger charge is 2.27. The van der Waals surface area contributed by atoms with Crippen molar-refractivity contribution in [1.29, 1.82) is 0 Å². The molecule has 2 atom stereocenters. The van der Waals surface area contributed by atoms with Crippen molar-refractivity contribution in [3.8, 4) is 0 Å². The molecular weight excluding hydrogens is 280 g/mol. The largest absolute Gasteiger partial charge is 0.393 e. The van der Waals surface area contributed by atoms with E-state index < -0.39 is 0 Å². The minimum Gasteiger partial charge on any atom is -0.393 e. The molecule has 0 spiro atoms. The molecule has 1 saturated carbocycles. The van der Waals surface area contributed by atoms with Crippen LogP contribution in [0.2, 0.25) is 0 Å². The molecule has 0 radical (unpaired) electrons. The summed E-state index contributed by atoms with van der Waals surface area (Å²) in [5, 5.41) is 9.88. The van der Waals surface area contributed by atoms with Gasteiger partial charge in [0.2, 0.25) is 5.56 Å². The number of rotatable bonds is 5. The van der Waals surface area contributed by atoms with Gasteiger partial charge < -0.3 is 15.0 Å². The topological polar surface area (TPSA) is 73.4 Å². The molecule has 0 bridgehead atoms. The van der Waals surface area contributed by atoms with Gasteiger partial charge in [-0.2, -0.15) is 0 Å². The lowest BCUT2D eigenvalue weighted by atomic mass is 10.0. The van der Waals surface area contributed by atoms with Crippen LogP contribution < -0.4 is 5.56 Å². The minimum absolute atomic E-state index is 0.145. The highest BCUT2D eigenvalue weighted by atomic mass is 16.3. The van der Waals surface area contributed by atoms with E-state index in [1.165, 1.54) is 6.07 Å². The van der Waals surface area contributed by atoms with Gasteiger partial charge in [-0.05, 0) is 31.2 Å². The van der Waals surface area contributed by atoms with Crippen LogP contribution in [0.3, 0.4) is 0 Å². The van der Waals surface area contributed by atoms with Crippen LogP contribution in [0.25, 0.3) is 0 Å². The van der Waals surface area contributed by atoms with Crippen molar-refractivity contribution in [2.75, 3.05) is 13.6 Å². The van der Waals surface area contributed by atoms with Gasteiger partial charge in [-0.25, -0.2) is 0 Å². The Morgan fingerprint density at radius 2 is 2.14 bits per heavy atom. The molecule has 1 amide bonds. The predicted octanol–water partition coefficient (Wildman–Crippen LogP) is 1.81. The number of hydrogen-bond acceptors (Lipinski definition) is 3. The zero-order valence-electron chi connectivity index (χ0n) is 13.6. The van der Waals surface area contributed by atoms with Crippen LogP contribution in [0.15, 0.2) is 16.9 Å². The number of aromatic nitrogens is 1. The fraction of sp³-hybridized carbons (Fsp3) is 0.647. The van der Waals surface area contributed by atoms with Gasteiger partial charge in [-0.15, -0.1) is 0 Å². The standard InChI is InChI=1S/C17H26N2O3/c1-11(2)7-14-8-13(9-16(21)18-14)17(22)19(3)10-12-5-4-6-15(12)20/h8-9,11-12,15,20H,4-7,10H2,1-3H3,(H,18,21). The highest BCUT2D eigenvalue weighted by molar-refractivity contribution is 5.94. The summed E-state index contributed by atoms with van der Waals surface area (Å²) < 4.78 is 0. The molecule has 22 heavy (non-hydrogen) atoms. The molecule has 1 heterocycles. The van der Waals surface area contributed by atoms with Crippen molar-refractivity contribution < 1.29 is 9.90 Å². The summed E-state index contributed by atoms with van der Waals surface area (Å²) in [7, 11) is 1.73. The van der Waals surface area contributed by atoms with Gasteiger partial charge in [0.1, 0.15) is 0 Å². The average Bonchev–Trinajstić information content (AvgIpc) is 2.82. The molecular formula is C17H26N2O3. The first kappa shape index (κ1) is 16.7. The third-order valence-corrected chi connectivity index (χ3v) is 4.25. The van der Waals surface area contributed by atoms with E-state index in [4.69, 9.17) is 0 Å². The molecule has 1 aliphatic carbocycles. The monoisotopic (exact) mass is 306 g/mol. The summed E-state index contributed by atoms with van der Waals surface area (Å²) in [6, 6.07) is 3.12. The second-order valence-corrected chi connectivity index (χ2v) is 6.80. The molecule has 1 fully saturated rings. The zero-order valence-corrected chi connectivity index (χ0v) is 13.6. The molecule has 1 aromatic rings. The minimum atomic E-state index is -0.314. The van der Waals surface area contributed by atoms with E-state index in [2.05, 4.69) is 18.8 Å². The lowest BCUT2D eigenvalue weighted by Crippen LogP contribution is -2.35. The maximum atomic E-state index is 12.5.